The normalized spacial score (nSPS) is 18.6. The van der Waals surface area contributed by atoms with Gasteiger partial charge in [0, 0.05) is 46.0 Å². The third kappa shape index (κ3) is 3.40. The number of nitrogens with zero attached hydrogens (tertiary/aromatic N) is 2. The molecule has 3 heteroatoms. The molecule has 0 aromatic heterocycles. The summed E-state index contributed by atoms with van der Waals surface area (Å²) in [4.78, 5) is 17.9. The number of rotatable bonds is 4. The summed E-state index contributed by atoms with van der Waals surface area (Å²) >= 11 is 0. The fourth-order valence-electron chi connectivity index (χ4n) is 5.63. The number of benzene rings is 4. The van der Waals surface area contributed by atoms with E-state index >= 15 is 0 Å². The lowest BCUT2D eigenvalue weighted by Crippen LogP contribution is -2.24. The van der Waals surface area contributed by atoms with Gasteiger partial charge in [0.05, 0.1) is 0 Å². The molecule has 2 atom stereocenters. The summed E-state index contributed by atoms with van der Waals surface area (Å²) in [5.41, 5.74) is 8.99. The maximum absolute atomic E-state index is 13.2. The predicted octanol–water partition coefficient (Wildman–Crippen LogP) is 7.08. The molecule has 34 heavy (non-hydrogen) atoms. The van der Waals surface area contributed by atoms with Crippen molar-refractivity contribution >= 4 is 28.5 Å². The largest absolute Gasteiger partial charge is 0.338 e. The van der Waals surface area contributed by atoms with E-state index in [1.165, 1.54) is 22.5 Å². The molecule has 2 aliphatic heterocycles. The van der Waals surface area contributed by atoms with Crippen molar-refractivity contribution in [1.29, 1.82) is 0 Å². The van der Waals surface area contributed by atoms with Crippen molar-refractivity contribution in [3.05, 3.63) is 119 Å². The quantitative estimate of drug-likeness (QED) is 0.314. The van der Waals surface area contributed by atoms with Gasteiger partial charge in [0.15, 0.2) is 5.78 Å². The van der Waals surface area contributed by atoms with E-state index < -0.39 is 0 Å². The molecule has 168 valence electrons. The molecule has 0 spiro atoms. The third-order valence-corrected chi connectivity index (χ3v) is 7.23. The van der Waals surface area contributed by atoms with Gasteiger partial charge >= 0.3 is 0 Å². The second-order valence-electron chi connectivity index (χ2n) is 9.53. The number of anilines is 4. The Morgan fingerprint density at radius 2 is 0.971 bits per heavy atom. The predicted molar refractivity (Wildman–Crippen MR) is 140 cm³/mol. The topological polar surface area (TPSA) is 23.6 Å². The van der Waals surface area contributed by atoms with Gasteiger partial charge in [-0.15, -0.1) is 0 Å². The lowest BCUT2D eigenvalue weighted by molar-refractivity contribution is 0.103. The van der Waals surface area contributed by atoms with Crippen LogP contribution in [0.2, 0.25) is 0 Å². The van der Waals surface area contributed by atoms with Gasteiger partial charge in [-0.3, -0.25) is 4.79 Å². The van der Waals surface area contributed by atoms with Gasteiger partial charge in [0.1, 0.15) is 0 Å². The van der Waals surface area contributed by atoms with Crippen molar-refractivity contribution in [2.45, 2.75) is 38.8 Å². The molecule has 0 amide bonds. The van der Waals surface area contributed by atoms with Crippen LogP contribution in [0.4, 0.5) is 22.7 Å². The summed E-state index contributed by atoms with van der Waals surface area (Å²) in [6.45, 7) is 4.50. The Morgan fingerprint density at radius 3 is 1.38 bits per heavy atom. The molecule has 0 bridgehead atoms. The number of carbonyl (C=O) groups is 1. The Hall–Kier alpha value is -3.85. The second-order valence-corrected chi connectivity index (χ2v) is 9.53. The van der Waals surface area contributed by atoms with Gasteiger partial charge in [0.25, 0.3) is 0 Å². The van der Waals surface area contributed by atoms with Crippen LogP contribution in [0.5, 0.6) is 0 Å². The molecule has 2 unspecified atom stereocenters. The highest BCUT2D eigenvalue weighted by Gasteiger charge is 2.28. The van der Waals surface area contributed by atoms with Gasteiger partial charge in [-0.25, -0.2) is 0 Å². The summed E-state index contributed by atoms with van der Waals surface area (Å²) in [5.74, 6) is 0.0582. The summed E-state index contributed by atoms with van der Waals surface area (Å²) in [5, 5.41) is 0. The zero-order valence-corrected chi connectivity index (χ0v) is 19.6. The van der Waals surface area contributed by atoms with Crippen LogP contribution in [0, 0.1) is 0 Å². The Kier molecular flexibility index (Phi) is 4.99. The van der Waals surface area contributed by atoms with E-state index in [1.807, 2.05) is 24.3 Å². The fourth-order valence-corrected chi connectivity index (χ4v) is 5.63. The standard InChI is InChI=1S/C31H28N2O/c1-21-19-25-7-3-5-9-29(25)32(21)27-15-11-23(12-16-27)31(34)24-13-17-28(18-14-24)33-22(2)20-26-8-4-6-10-30(26)33/h3-18,21-22H,19-20H2,1-2H3. The van der Waals surface area contributed by atoms with Gasteiger partial charge in [-0.05, 0) is 98.5 Å². The van der Waals surface area contributed by atoms with E-state index in [9.17, 15) is 4.79 Å². The second kappa shape index (κ2) is 8.18. The monoisotopic (exact) mass is 444 g/mol. The van der Waals surface area contributed by atoms with Crippen molar-refractivity contribution in [3.63, 3.8) is 0 Å². The van der Waals surface area contributed by atoms with E-state index in [1.54, 1.807) is 0 Å². The molecular weight excluding hydrogens is 416 g/mol. The minimum absolute atomic E-state index is 0.0582. The molecule has 0 radical (unpaired) electrons. The number of hydrogen-bond donors (Lipinski definition) is 0. The minimum Gasteiger partial charge on any atom is -0.338 e. The Balaban J connectivity index is 1.23. The molecular formula is C31H28N2O. The lowest BCUT2D eigenvalue weighted by Gasteiger charge is -2.25. The zero-order valence-electron chi connectivity index (χ0n) is 19.6. The maximum Gasteiger partial charge on any atom is 0.193 e. The highest BCUT2D eigenvalue weighted by Crippen LogP contribution is 2.39. The average molecular weight is 445 g/mol. The van der Waals surface area contributed by atoms with Gasteiger partial charge < -0.3 is 9.80 Å². The van der Waals surface area contributed by atoms with E-state index in [-0.39, 0.29) is 5.78 Å². The molecule has 4 aromatic carbocycles. The number of hydrogen-bond acceptors (Lipinski definition) is 3. The van der Waals surface area contributed by atoms with Crippen LogP contribution in [0.15, 0.2) is 97.1 Å². The van der Waals surface area contributed by atoms with Crippen molar-refractivity contribution in [2.24, 2.45) is 0 Å². The number of ketones is 1. The molecule has 2 heterocycles. The van der Waals surface area contributed by atoms with E-state index in [0.29, 0.717) is 12.1 Å². The van der Waals surface area contributed by atoms with Gasteiger partial charge in [-0.2, -0.15) is 0 Å². The highest BCUT2D eigenvalue weighted by molar-refractivity contribution is 6.09. The first-order chi connectivity index (χ1) is 16.6. The Morgan fingerprint density at radius 1 is 0.588 bits per heavy atom. The average Bonchev–Trinajstić information content (AvgIpc) is 3.39. The lowest BCUT2D eigenvalue weighted by atomic mass is 10.0. The maximum atomic E-state index is 13.2. The van der Waals surface area contributed by atoms with Crippen LogP contribution in [-0.4, -0.2) is 17.9 Å². The van der Waals surface area contributed by atoms with Gasteiger partial charge in [0.2, 0.25) is 0 Å². The van der Waals surface area contributed by atoms with E-state index in [4.69, 9.17) is 0 Å². The fraction of sp³-hybridized carbons (Fsp3) is 0.194. The zero-order chi connectivity index (χ0) is 23.2. The summed E-state index contributed by atoms with van der Waals surface area (Å²) < 4.78 is 0. The molecule has 0 N–H and O–H groups in total. The van der Waals surface area contributed by atoms with Gasteiger partial charge in [-0.1, -0.05) is 36.4 Å². The molecule has 0 aliphatic carbocycles. The Bertz CT molecular complexity index is 1250. The Labute approximate surface area is 201 Å². The van der Waals surface area contributed by atoms with Crippen LogP contribution < -0.4 is 9.80 Å². The summed E-state index contributed by atoms with van der Waals surface area (Å²) in [7, 11) is 0. The van der Waals surface area contributed by atoms with Crippen LogP contribution >= 0.6 is 0 Å². The molecule has 2 aliphatic rings. The summed E-state index contributed by atoms with van der Waals surface area (Å²) in [6, 6.07) is 34.1. The van der Waals surface area contributed by atoms with E-state index in [2.05, 4.69) is 96.4 Å². The van der Waals surface area contributed by atoms with Crippen molar-refractivity contribution in [2.75, 3.05) is 9.80 Å². The van der Waals surface area contributed by atoms with Crippen LogP contribution in [-0.2, 0) is 12.8 Å². The van der Waals surface area contributed by atoms with E-state index in [0.717, 1.165) is 35.3 Å². The first kappa shape index (κ1) is 20.7. The van der Waals surface area contributed by atoms with Crippen molar-refractivity contribution in [1.82, 2.24) is 0 Å². The molecule has 6 rings (SSSR count). The van der Waals surface area contributed by atoms with Crippen LogP contribution in [0.25, 0.3) is 0 Å². The first-order valence-corrected chi connectivity index (χ1v) is 12.1. The van der Waals surface area contributed by atoms with Crippen LogP contribution in [0.3, 0.4) is 0 Å². The third-order valence-electron chi connectivity index (χ3n) is 7.23. The SMILES string of the molecule is CC1Cc2ccccc2N1c1ccc(C(=O)c2ccc(N3c4ccccc4CC3C)cc2)cc1. The molecule has 0 fully saturated rings. The molecule has 0 saturated heterocycles. The van der Waals surface area contributed by atoms with Crippen LogP contribution in [0.1, 0.15) is 40.9 Å². The number of fused-ring (bicyclic) bond motifs is 2. The molecule has 4 aromatic rings. The minimum atomic E-state index is 0.0582. The smallest absolute Gasteiger partial charge is 0.193 e. The number of para-hydroxylation sites is 2. The number of carbonyl (C=O) groups excluding carboxylic acids is 1. The molecule has 0 saturated carbocycles. The first-order valence-electron chi connectivity index (χ1n) is 12.1. The van der Waals surface area contributed by atoms with Crippen molar-refractivity contribution in [3.8, 4) is 0 Å². The highest BCUT2D eigenvalue weighted by atomic mass is 16.1. The van der Waals surface area contributed by atoms with Crippen molar-refractivity contribution < 1.29 is 4.79 Å². The summed E-state index contributed by atoms with van der Waals surface area (Å²) in [6.07, 6.45) is 2.09. The molecule has 3 nitrogen and oxygen atoms in total.